The number of rotatable bonds is 40. The van der Waals surface area contributed by atoms with Crippen molar-refractivity contribution in [3.05, 3.63) is 30.0 Å². The number of aliphatic hydroxyl groups is 1. The quantitative estimate of drug-likeness (QED) is 0.00955. The van der Waals surface area contributed by atoms with E-state index in [0.717, 1.165) is 4.90 Å². The van der Waals surface area contributed by atoms with Crippen LogP contribution in [0.5, 0.6) is 0 Å². The predicted molar refractivity (Wildman–Crippen MR) is 302 cm³/mol. The fourth-order valence-corrected chi connectivity index (χ4v) is 8.25. The maximum atomic E-state index is 14.4. The zero-order valence-electron chi connectivity index (χ0n) is 47.4. The van der Waals surface area contributed by atoms with Gasteiger partial charge in [-0.15, -0.1) is 0 Å². The summed E-state index contributed by atoms with van der Waals surface area (Å²) in [6.07, 6.45) is -2.58. The molecule has 1 aliphatic rings. The molecule has 32 nitrogen and oxygen atoms in total. The van der Waals surface area contributed by atoms with E-state index in [1.807, 2.05) is 5.32 Å². The highest BCUT2D eigenvalue weighted by molar-refractivity contribution is 6.40. The molecule has 1 aromatic heterocycles. The van der Waals surface area contributed by atoms with Gasteiger partial charge in [-0.2, -0.15) is 13.2 Å². The van der Waals surface area contributed by atoms with Gasteiger partial charge in [0.15, 0.2) is 5.96 Å². The average Bonchev–Trinajstić information content (AvgIpc) is 3.79. The lowest BCUT2D eigenvalue weighted by atomic mass is 10.1. The van der Waals surface area contributed by atoms with Gasteiger partial charge >= 0.3 is 12.1 Å². The highest BCUT2D eigenvalue weighted by Gasteiger charge is 2.43. The number of aliphatic hydroxyl groups excluding tert-OH is 1. The number of guanidine groups is 1. The molecule has 0 radical (unpaired) electrons. The summed E-state index contributed by atoms with van der Waals surface area (Å²) in [4.78, 5) is 151. The summed E-state index contributed by atoms with van der Waals surface area (Å²) in [5.41, 5.74) is 44.3. The van der Waals surface area contributed by atoms with Crippen molar-refractivity contribution in [3.63, 3.8) is 0 Å². The summed E-state index contributed by atoms with van der Waals surface area (Å²) in [5.74, 6) is -11.1. The monoisotopic (exact) mass is 1210 g/mol. The number of carbonyl (C=O) groups is 10. The fraction of sp³-hybridized carbons (Fsp3) is 0.660. The van der Waals surface area contributed by atoms with E-state index in [1.54, 1.807) is 0 Å². The number of aromatic nitrogens is 2. The number of nitrogens with zero attached hydrogens (tertiary/aromatic N) is 4. The number of ether oxygens (including phenoxy) is 1. The number of esters is 1. The Morgan fingerprint density at radius 3 is 2.02 bits per heavy atom. The van der Waals surface area contributed by atoms with E-state index < -0.39 is 134 Å². The molecule has 1 saturated heterocycles. The summed E-state index contributed by atoms with van der Waals surface area (Å²) >= 11 is 0. The van der Waals surface area contributed by atoms with E-state index in [2.05, 4.69) is 56.6 Å². The van der Waals surface area contributed by atoms with Crippen molar-refractivity contribution in [3.8, 4) is 0 Å². The molecule has 1 aliphatic heterocycles. The molecule has 2 rings (SSSR count). The van der Waals surface area contributed by atoms with Crippen molar-refractivity contribution in [1.29, 1.82) is 0 Å². The third-order valence-corrected chi connectivity index (χ3v) is 12.7. The van der Waals surface area contributed by atoms with Crippen LogP contribution < -0.4 is 83.1 Å². The number of aromatic amines is 1. The summed E-state index contributed by atoms with van der Waals surface area (Å²) < 4.78 is 42.4. The Morgan fingerprint density at radius 2 is 1.44 bits per heavy atom. The Hall–Kier alpha value is -7.70. The molecule has 0 saturated carbocycles. The van der Waals surface area contributed by atoms with Gasteiger partial charge in [0, 0.05) is 51.0 Å². The molecule has 85 heavy (non-hydrogen) atoms. The van der Waals surface area contributed by atoms with Gasteiger partial charge in [0.2, 0.25) is 35.4 Å². The normalized spacial score (nSPS) is 15.6. The molecule has 35 heteroatoms. The molecular weight excluding hydrogens is 1130 g/mol. The zero-order chi connectivity index (χ0) is 63.5. The SMILES string of the molecule is NCCCCNC(=O)[C@H](CCCCN)NC(=O)/C(=C/CCN=C(N)N)NC(=O)[C@H](CCCCN)NC(=O)[C@H](Cc1cnc[nH]1)NC(=O)[C@@H]1CCCN1C(=O)C(CCCN)=NC(=O)CNC(=O)[C@@H](NC(=O)C[C@H](CN)OC(=O)C(F)(F)F)[C@@H](O)CN. The number of imidazole rings is 1. The molecule has 1 aromatic rings. The number of aliphatic imine (C=N–C) groups is 2. The predicted octanol–water partition coefficient (Wildman–Crippen LogP) is -6.38. The van der Waals surface area contributed by atoms with Crippen LogP contribution in [0.2, 0.25) is 0 Å². The van der Waals surface area contributed by atoms with Gasteiger partial charge in [0.25, 0.3) is 17.7 Å². The number of nitrogens with two attached hydrogens (primary N) is 8. The first-order chi connectivity index (χ1) is 40.4. The second kappa shape index (κ2) is 39.8. The van der Waals surface area contributed by atoms with Crippen LogP contribution in [-0.4, -0.2) is 205 Å². The first kappa shape index (κ1) is 73.4. The van der Waals surface area contributed by atoms with Crippen LogP contribution in [0.1, 0.15) is 95.6 Å². The van der Waals surface area contributed by atoms with E-state index in [-0.39, 0.29) is 94.9 Å². The number of halogens is 3. The van der Waals surface area contributed by atoms with Crippen molar-refractivity contribution >= 4 is 70.8 Å². The highest BCUT2D eigenvalue weighted by Crippen LogP contribution is 2.21. The van der Waals surface area contributed by atoms with Gasteiger partial charge < -0.3 is 103 Å². The molecule has 0 spiro atoms. The minimum atomic E-state index is -5.40. The van der Waals surface area contributed by atoms with Gasteiger partial charge in [0.1, 0.15) is 47.7 Å². The second-order valence-corrected chi connectivity index (χ2v) is 19.5. The largest absolute Gasteiger partial charge is 0.490 e. The fourth-order valence-electron chi connectivity index (χ4n) is 8.25. The minimum absolute atomic E-state index is 0.00535. The lowest BCUT2D eigenvalue weighted by Gasteiger charge is -2.28. The first-order valence-corrected chi connectivity index (χ1v) is 27.8. The molecule has 1 fully saturated rings. The van der Waals surface area contributed by atoms with Crippen molar-refractivity contribution < 1.29 is 71.0 Å². The number of amides is 9. The number of hydrogen-bond acceptors (Lipinski definition) is 20. The Bertz CT molecular complexity index is 2430. The number of H-pyrrole nitrogens is 1. The van der Waals surface area contributed by atoms with Gasteiger partial charge in [-0.05, 0) is 110 Å². The Kier molecular flexibility index (Phi) is 34.3. The summed E-state index contributed by atoms with van der Waals surface area (Å²) in [6.45, 7) is -1.03. The van der Waals surface area contributed by atoms with Crippen LogP contribution in [-0.2, 0) is 59.1 Å². The van der Waals surface area contributed by atoms with Crippen LogP contribution in [0.15, 0.2) is 34.3 Å². The van der Waals surface area contributed by atoms with E-state index in [9.17, 15) is 66.2 Å². The Labute approximate surface area is 488 Å². The molecule has 25 N–H and O–H groups in total. The number of hydrogen-bond donors (Lipinski definition) is 17. The third kappa shape index (κ3) is 27.7. The summed E-state index contributed by atoms with van der Waals surface area (Å²) in [6, 6.07) is -6.99. The van der Waals surface area contributed by atoms with E-state index in [1.165, 1.54) is 18.6 Å². The number of carbonyl (C=O) groups excluding carboxylic acids is 10. The smallest absolute Gasteiger partial charge is 0.454 e. The maximum Gasteiger partial charge on any atom is 0.490 e. The lowest BCUT2D eigenvalue weighted by molar-refractivity contribution is -0.204. The first-order valence-electron chi connectivity index (χ1n) is 27.8. The van der Waals surface area contributed by atoms with Gasteiger partial charge in [-0.3, -0.25) is 48.1 Å². The number of nitrogens with one attached hydrogen (secondary N) is 8. The van der Waals surface area contributed by atoms with Crippen LogP contribution in [0.3, 0.4) is 0 Å². The van der Waals surface area contributed by atoms with Crippen molar-refractivity contribution in [2.45, 2.75) is 145 Å². The molecule has 0 unspecified atom stereocenters. The lowest BCUT2D eigenvalue weighted by Crippen LogP contribution is -2.57. The summed E-state index contributed by atoms with van der Waals surface area (Å²) in [5, 5.41) is 28.0. The molecular formula is C50H85F3N20O12. The van der Waals surface area contributed by atoms with Gasteiger partial charge in [-0.1, -0.05) is 6.08 Å². The van der Waals surface area contributed by atoms with Crippen molar-refractivity contribution in [1.82, 2.24) is 52.1 Å². The molecule has 9 amide bonds. The molecule has 478 valence electrons. The topological polar surface area (TPSA) is 549 Å². The Balaban J connectivity index is 2.41. The van der Waals surface area contributed by atoms with Crippen LogP contribution in [0.25, 0.3) is 0 Å². The number of alkyl halides is 3. The number of likely N-dealkylation sites (tertiary alicyclic amines) is 1. The number of unbranched alkanes of at least 4 members (excludes halogenated alkanes) is 3. The Morgan fingerprint density at radius 1 is 0.788 bits per heavy atom. The molecule has 0 aliphatic carbocycles. The van der Waals surface area contributed by atoms with Gasteiger partial charge in [0.05, 0.1) is 25.4 Å². The van der Waals surface area contributed by atoms with Crippen molar-refractivity contribution in [2.75, 3.05) is 65.4 Å². The van der Waals surface area contributed by atoms with E-state index >= 15 is 0 Å². The van der Waals surface area contributed by atoms with Crippen molar-refractivity contribution in [2.24, 2.45) is 55.9 Å². The molecule has 0 bridgehead atoms. The molecule has 0 aromatic carbocycles. The molecule has 7 atom stereocenters. The van der Waals surface area contributed by atoms with Gasteiger partial charge in [-0.25, -0.2) is 14.8 Å². The standard InChI is InChI=1S/C50H85F3N20O12/c51-50(52,53)48(84)85-30(24-58)23-38(75)72-40(37(74)25-59)46(82)65-27-39(76)67-34(12-7-18-57)47(83)73-21-9-14-36(73)45(81)71-35(22-29-26-62-28-66-29)44(80)70-32(11-2-4-16-55)42(78)69-33(13-8-20-64-49(60)61)43(79)68-31(10-1-3-15-54)41(77)63-19-6-5-17-56/h13,26,28,30-32,35-37,40,74H,1-12,14-25,27,54-59H2,(H,62,66)(H,63,77)(H,65,82)(H,68,79)(H,69,78)(H,70,80)(H,71,81)(H,72,75)(H4,60,61,64)/b33-13-,67-34?/t30-,31+,32+,35+,36+,37+,40+/m1/s1. The third-order valence-electron chi connectivity index (χ3n) is 12.7. The second-order valence-electron chi connectivity index (χ2n) is 19.5. The van der Waals surface area contributed by atoms with Crippen LogP contribution in [0.4, 0.5) is 13.2 Å². The van der Waals surface area contributed by atoms with Crippen LogP contribution >= 0.6 is 0 Å². The van der Waals surface area contributed by atoms with E-state index in [0.29, 0.717) is 63.9 Å². The van der Waals surface area contributed by atoms with Crippen LogP contribution in [0, 0.1) is 0 Å². The highest BCUT2D eigenvalue weighted by atomic mass is 19.4. The van der Waals surface area contributed by atoms with E-state index in [4.69, 9.17) is 45.9 Å². The summed E-state index contributed by atoms with van der Waals surface area (Å²) in [7, 11) is 0. The average molecular weight is 1220 g/mol. The molecule has 2 heterocycles. The minimum Gasteiger partial charge on any atom is -0.454 e. The maximum absolute atomic E-state index is 14.4. The zero-order valence-corrected chi connectivity index (χ0v) is 47.4.